The lowest BCUT2D eigenvalue weighted by molar-refractivity contribution is -0.120. The van der Waals surface area contributed by atoms with Crippen molar-refractivity contribution in [3.63, 3.8) is 0 Å². The summed E-state index contributed by atoms with van der Waals surface area (Å²) in [5, 5.41) is 5.64. The molecule has 2 heterocycles. The number of carbonyl (C=O) groups excluding carboxylic acids is 1. The Morgan fingerprint density at radius 3 is 2.35 bits per heavy atom. The third-order valence-corrected chi connectivity index (χ3v) is 8.41. The number of nitrogens with one attached hydrogen (secondary N) is 1. The molecule has 3 rings (SSSR count). The molecule has 0 unspecified atom stereocenters. The van der Waals surface area contributed by atoms with Crippen molar-refractivity contribution >= 4 is 38.4 Å². The van der Waals surface area contributed by atoms with Gasteiger partial charge in [0.25, 0.3) is 0 Å². The number of carbonyl (C=O) groups is 1. The second-order valence-electron chi connectivity index (χ2n) is 5.94. The maximum atomic E-state index is 13.1. The summed E-state index contributed by atoms with van der Waals surface area (Å²) in [6.45, 7) is 2.00. The predicted octanol–water partition coefficient (Wildman–Crippen LogP) is 3.99. The van der Waals surface area contributed by atoms with Crippen molar-refractivity contribution in [1.82, 2.24) is 5.32 Å². The van der Waals surface area contributed by atoms with Crippen LogP contribution in [0, 0.1) is 6.92 Å². The average molecular weight is 406 g/mol. The maximum Gasteiger partial charge on any atom is 0.225 e. The van der Waals surface area contributed by atoms with Gasteiger partial charge in [0.05, 0.1) is 6.42 Å². The van der Waals surface area contributed by atoms with Crippen molar-refractivity contribution in [1.29, 1.82) is 0 Å². The largest absolute Gasteiger partial charge is 0.354 e. The molecule has 0 fully saturated rings. The highest BCUT2D eigenvalue weighted by atomic mass is 32.2. The molecule has 1 aromatic carbocycles. The van der Waals surface area contributed by atoms with Gasteiger partial charge in [0.2, 0.25) is 5.91 Å². The molecule has 26 heavy (non-hydrogen) atoms. The van der Waals surface area contributed by atoms with Gasteiger partial charge in [-0.3, -0.25) is 4.79 Å². The van der Waals surface area contributed by atoms with Crippen molar-refractivity contribution in [2.24, 2.45) is 0 Å². The number of thiophene rings is 2. The molecule has 0 bridgehead atoms. The first kappa shape index (κ1) is 18.8. The molecular formula is C19H19NO3S3. The van der Waals surface area contributed by atoms with Gasteiger partial charge < -0.3 is 5.32 Å². The Morgan fingerprint density at radius 1 is 1.04 bits per heavy atom. The van der Waals surface area contributed by atoms with Crippen molar-refractivity contribution in [3.05, 3.63) is 75.3 Å². The number of sulfone groups is 1. The second kappa shape index (κ2) is 8.16. The molecule has 4 nitrogen and oxygen atoms in total. The van der Waals surface area contributed by atoms with Gasteiger partial charge in [-0.05, 0) is 35.4 Å². The Morgan fingerprint density at radius 2 is 1.73 bits per heavy atom. The third kappa shape index (κ3) is 4.41. The topological polar surface area (TPSA) is 63.2 Å². The van der Waals surface area contributed by atoms with Crippen LogP contribution in [0.3, 0.4) is 0 Å². The molecule has 0 spiro atoms. The molecule has 0 saturated heterocycles. The van der Waals surface area contributed by atoms with Gasteiger partial charge in [-0.15, -0.1) is 22.7 Å². The van der Waals surface area contributed by atoms with Crippen LogP contribution in [0.25, 0.3) is 0 Å². The van der Waals surface area contributed by atoms with E-state index in [4.69, 9.17) is 0 Å². The fourth-order valence-corrected chi connectivity index (χ4v) is 6.16. The smallest absolute Gasteiger partial charge is 0.225 e. The molecule has 136 valence electrons. The summed E-state index contributed by atoms with van der Waals surface area (Å²) in [6, 6.07) is 14.5. The van der Waals surface area contributed by atoms with Crippen LogP contribution in [-0.4, -0.2) is 20.9 Å². The minimum Gasteiger partial charge on any atom is -0.354 e. The number of benzene rings is 1. The summed E-state index contributed by atoms with van der Waals surface area (Å²) in [5.41, 5.74) is 1.74. The van der Waals surface area contributed by atoms with E-state index in [1.807, 2.05) is 48.7 Å². The molecule has 1 atom stereocenters. The number of amides is 1. The lowest BCUT2D eigenvalue weighted by atomic mass is 10.1. The van der Waals surface area contributed by atoms with Crippen LogP contribution in [0.4, 0.5) is 0 Å². The number of hydrogen-bond donors (Lipinski definition) is 1. The zero-order valence-corrected chi connectivity index (χ0v) is 16.7. The molecule has 0 aliphatic rings. The zero-order valence-electron chi connectivity index (χ0n) is 14.2. The van der Waals surface area contributed by atoms with Crippen LogP contribution >= 0.6 is 22.7 Å². The lowest BCUT2D eigenvalue weighted by Crippen LogP contribution is -2.32. The molecule has 1 amide bonds. The van der Waals surface area contributed by atoms with E-state index in [1.54, 1.807) is 17.5 Å². The van der Waals surface area contributed by atoms with Gasteiger partial charge in [-0.2, -0.15) is 0 Å². The summed E-state index contributed by atoms with van der Waals surface area (Å²) in [5.74, 6) is -0.175. The molecule has 0 saturated carbocycles. The summed E-state index contributed by atoms with van der Waals surface area (Å²) >= 11 is 2.70. The molecule has 0 aliphatic heterocycles. The van der Waals surface area contributed by atoms with E-state index in [2.05, 4.69) is 5.32 Å². The van der Waals surface area contributed by atoms with Crippen LogP contribution in [0.5, 0.6) is 0 Å². The standard InChI is InChI=1S/C19H19NO3S3/c1-14-6-8-15(9-7-14)17(26(22,23)19-5-3-11-25-19)13-20-18(21)12-16-4-2-10-24-16/h2-11,17H,12-13H2,1H3,(H,20,21)/t17-/m1/s1. The van der Waals surface area contributed by atoms with Crippen molar-refractivity contribution in [2.45, 2.75) is 22.8 Å². The van der Waals surface area contributed by atoms with Crippen LogP contribution < -0.4 is 5.32 Å². The maximum absolute atomic E-state index is 13.1. The SMILES string of the molecule is Cc1ccc([C@@H](CNC(=O)Cc2cccs2)S(=O)(=O)c2cccs2)cc1. The van der Waals surface area contributed by atoms with Gasteiger partial charge in [-0.1, -0.05) is 42.0 Å². The van der Waals surface area contributed by atoms with Gasteiger partial charge in [-0.25, -0.2) is 8.42 Å². The van der Waals surface area contributed by atoms with Gasteiger partial charge in [0, 0.05) is 11.4 Å². The zero-order chi connectivity index (χ0) is 18.6. The quantitative estimate of drug-likeness (QED) is 0.646. The fraction of sp³-hybridized carbons (Fsp3) is 0.211. The van der Waals surface area contributed by atoms with Crippen LogP contribution in [0.2, 0.25) is 0 Å². The number of hydrogen-bond acceptors (Lipinski definition) is 5. The molecule has 0 aliphatic carbocycles. The average Bonchev–Trinajstić information content (AvgIpc) is 3.30. The minimum atomic E-state index is -3.57. The van der Waals surface area contributed by atoms with E-state index in [0.29, 0.717) is 9.77 Å². The Bertz CT molecular complexity index is 944. The highest BCUT2D eigenvalue weighted by Crippen LogP contribution is 2.31. The monoisotopic (exact) mass is 405 g/mol. The van der Waals surface area contributed by atoms with E-state index in [-0.39, 0.29) is 18.9 Å². The van der Waals surface area contributed by atoms with E-state index < -0.39 is 15.1 Å². The molecule has 1 N–H and O–H groups in total. The van der Waals surface area contributed by atoms with Crippen LogP contribution in [0.15, 0.2) is 63.5 Å². The number of rotatable bonds is 7. The van der Waals surface area contributed by atoms with Crippen LogP contribution in [-0.2, 0) is 21.1 Å². The van der Waals surface area contributed by atoms with Gasteiger partial charge >= 0.3 is 0 Å². The highest BCUT2D eigenvalue weighted by Gasteiger charge is 2.30. The van der Waals surface area contributed by atoms with Crippen LogP contribution in [0.1, 0.15) is 21.3 Å². The van der Waals surface area contributed by atoms with E-state index >= 15 is 0 Å². The van der Waals surface area contributed by atoms with Gasteiger partial charge in [0.1, 0.15) is 9.46 Å². The Hall–Kier alpha value is -1.96. The molecule has 2 aromatic heterocycles. The summed E-state index contributed by atoms with van der Waals surface area (Å²) in [6.07, 6.45) is 0.261. The third-order valence-electron chi connectivity index (χ3n) is 4.00. The first-order valence-corrected chi connectivity index (χ1v) is 11.4. The first-order chi connectivity index (χ1) is 12.5. The summed E-state index contributed by atoms with van der Waals surface area (Å²) in [7, 11) is -3.57. The molecule has 7 heteroatoms. The van der Waals surface area contributed by atoms with Crippen molar-refractivity contribution < 1.29 is 13.2 Å². The normalized spacial score (nSPS) is 12.7. The van der Waals surface area contributed by atoms with E-state index in [9.17, 15) is 13.2 Å². The van der Waals surface area contributed by atoms with Crippen molar-refractivity contribution in [2.75, 3.05) is 6.54 Å². The summed E-state index contributed by atoms with van der Waals surface area (Å²) in [4.78, 5) is 13.2. The van der Waals surface area contributed by atoms with E-state index in [0.717, 1.165) is 10.4 Å². The van der Waals surface area contributed by atoms with E-state index in [1.165, 1.54) is 22.7 Å². The predicted molar refractivity (Wildman–Crippen MR) is 106 cm³/mol. The van der Waals surface area contributed by atoms with Crippen molar-refractivity contribution in [3.8, 4) is 0 Å². The lowest BCUT2D eigenvalue weighted by Gasteiger charge is -2.18. The number of aryl methyl sites for hydroxylation is 1. The molecule has 0 radical (unpaired) electrons. The fourth-order valence-electron chi connectivity index (χ4n) is 2.59. The second-order valence-corrected chi connectivity index (χ2v) is 10.3. The first-order valence-electron chi connectivity index (χ1n) is 8.10. The Labute approximate surface area is 161 Å². The summed E-state index contributed by atoms with van der Waals surface area (Å²) < 4.78 is 26.5. The Balaban J connectivity index is 1.81. The Kier molecular flexibility index (Phi) is 5.90. The molecule has 3 aromatic rings. The highest BCUT2D eigenvalue weighted by molar-refractivity contribution is 7.93. The molecular weight excluding hydrogens is 386 g/mol. The van der Waals surface area contributed by atoms with Gasteiger partial charge in [0.15, 0.2) is 9.84 Å². The minimum absolute atomic E-state index is 0.0491.